The van der Waals surface area contributed by atoms with Gasteiger partial charge in [0.2, 0.25) is 10.0 Å². The van der Waals surface area contributed by atoms with Gasteiger partial charge in [-0.3, -0.25) is 0 Å². The SMILES string of the molecule is Cc1ccc(S(=O)(=O)NCCC(CCO)c2ccccc2)c(C)c1. The van der Waals surface area contributed by atoms with Crippen molar-refractivity contribution in [3.05, 3.63) is 65.2 Å². The molecular weight excluding hydrogens is 322 g/mol. The minimum atomic E-state index is -3.51. The summed E-state index contributed by atoms with van der Waals surface area (Å²) in [6.07, 6.45) is 1.27. The first kappa shape index (κ1) is 18.6. The lowest BCUT2D eigenvalue weighted by atomic mass is 9.93. The fourth-order valence-corrected chi connectivity index (χ4v) is 4.18. The number of aliphatic hydroxyl groups is 1. The second-order valence-corrected chi connectivity index (χ2v) is 7.81. The van der Waals surface area contributed by atoms with E-state index >= 15 is 0 Å². The molecule has 0 aliphatic rings. The Balaban J connectivity index is 2.03. The molecule has 2 aromatic carbocycles. The van der Waals surface area contributed by atoms with Crippen LogP contribution >= 0.6 is 0 Å². The van der Waals surface area contributed by atoms with Gasteiger partial charge in [0.1, 0.15) is 0 Å². The molecule has 0 aliphatic heterocycles. The van der Waals surface area contributed by atoms with Gasteiger partial charge in [-0.25, -0.2) is 13.1 Å². The Bertz CT molecular complexity index is 757. The molecule has 24 heavy (non-hydrogen) atoms. The van der Waals surface area contributed by atoms with E-state index in [-0.39, 0.29) is 12.5 Å². The summed E-state index contributed by atoms with van der Waals surface area (Å²) in [5, 5.41) is 9.26. The average Bonchev–Trinajstić information content (AvgIpc) is 2.54. The molecule has 5 heteroatoms. The molecule has 0 spiro atoms. The van der Waals surface area contributed by atoms with E-state index < -0.39 is 10.0 Å². The molecule has 0 heterocycles. The number of benzene rings is 2. The van der Waals surface area contributed by atoms with E-state index in [2.05, 4.69) is 4.72 Å². The second kappa shape index (κ2) is 8.42. The minimum absolute atomic E-state index is 0.0867. The van der Waals surface area contributed by atoms with Crippen molar-refractivity contribution >= 4 is 10.0 Å². The second-order valence-electron chi connectivity index (χ2n) is 6.08. The van der Waals surface area contributed by atoms with Gasteiger partial charge < -0.3 is 5.11 Å². The Hall–Kier alpha value is -1.69. The van der Waals surface area contributed by atoms with Crippen molar-refractivity contribution in [3.8, 4) is 0 Å². The normalized spacial score (nSPS) is 13.0. The average molecular weight is 347 g/mol. The van der Waals surface area contributed by atoms with Crippen molar-refractivity contribution in [2.75, 3.05) is 13.2 Å². The summed E-state index contributed by atoms with van der Waals surface area (Å²) in [5.41, 5.74) is 2.91. The van der Waals surface area contributed by atoms with Gasteiger partial charge in [-0.05, 0) is 49.8 Å². The number of aryl methyl sites for hydroxylation is 2. The van der Waals surface area contributed by atoms with Crippen molar-refractivity contribution in [1.82, 2.24) is 4.72 Å². The molecule has 4 nitrogen and oxygen atoms in total. The summed E-state index contributed by atoms with van der Waals surface area (Å²) in [7, 11) is -3.51. The maximum atomic E-state index is 12.5. The van der Waals surface area contributed by atoms with Gasteiger partial charge in [0, 0.05) is 13.2 Å². The van der Waals surface area contributed by atoms with E-state index in [9.17, 15) is 13.5 Å². The highest BCUT2D eigenvalue weighted by molar-refractivity contribution is 7.89. The maximum Gasteiger partial charge on any atom is 0.240 e. The van der Waals surface area contributed by atoms with Crippen LogP contribution in [0.3, 0.4) is 0 Å². The van der Waals surface area contributed by atoms with E-state index in [0.29, 0.717) is 24.3 Å². The highest BCUT2D eigenvalue weighted by Gasteiger charge is 2.18. The van der Waals surface area contributed by atoms with Gasteiger partial charge in [-0.1, -0.05) is 48.0 Å². The van der Waals surface area contributed by atoms with Crippen molar-refractivity contribution < 1.29 is 13.5 Å². The summed E-state index contributed by atoms with van der Waals surface area (Å²) in [5.74, 6) is 0.137. The predicted molar refractivity (Wildman–Crippen MR) is 96.6 cm³/mol. The van der Waals surface area contributed by atoms with Crippen molar-refractivity contribution in [1.29, 1.82) is 0 Å². The minimum Gasteiger partial charge on any atom is -0.396 e. The summed E-state index contributed by atoms with van der Waals surface area (Å²) < 4.78 is 27.6. The fourth-order valence-electron chi connectivity index (χ4n) is 2.90. The van der Waals surface area contributed by atoms with E-state index in [1.807, 2.05) is 43.3 Å². The van der Waals surface area contributed by atoms with E-state index in [1.165, 1.54) is 0 Å². The zero-order chi connectivity index (χ0) is 17.6. The first-order valence-corrected chi connectivity index (χ1v) is 9.65. The fraction of sp³-hybridized carbons (Fsp3) is 0.368. The van der Waals surface area contributed by atoms with E-state index in [0.717, 1.165) is 16.7 Å². The molecule has 2 N–H and O–H groups in total. The van der Waals surface area contributed by atoms with Crippen molar-refractivity contribution in [3.63, 3.8) is 0 Å². The highest BCUT2D eigenvalue weighted by Crippen LogP contribution is 2.23. The third kappa shape index (κ3) is 4.90. The molecule has 2 aromatic rings. The van der Waals surface area contributed by atoms with Crippen molar-refractivity contribution in [2.24, 2.45) is 0 Å². The van der Waals surface area contributed by atoms with Crippen LogP contribution in [0, 0.1) is 13.8 Å². The van der Waals surface area contributed by atoms with E-state index in [4.69, 9.17) is 0 Å². The lowest BCUT2D eigenvalue weighted by Gasteiger charge is -2.17. The summed E-state index contributed by atoms with van der Waals surface area (Å²) >= 11 is 0. The lowest BCUT2D eigenvalue weighted by molar-refractivity contribution is 0.273. The summed E-state index contributed by atoms with van der Waals surface area (Å²) in [4.78, 5) is 0.325. The van der Waals surface area contributed by atoms with Crippen LogP contribution in [0.1, 0.15) is 35.4 Å². The number of hydrogen-bond donors (Lipinski definition) is 2. The van der Waals surface area contributed by atoms with Crippen LogP contribution in [0.2, 0.25) is 0 Å². The van der Waals surface area contributed by atoms with Crippen LogP contribution in [0.5, 0.6) is 0 Å². The lowest BCUT2D eigenvalue weighted by Crippen LogP contribution is -2.26. The Morgan fingerprint density at radius 3 is 2.38 bits per heavy atom. The molecule has 0 saturated heterocycles. The topological polar surface area (TPSA) is 66.4 Å². The Labute approximate surface area is 144 Å². The van der Waals surface area contributed by atoms with Crippen LogP contribution < -0.4 is 4.72 Å². The monoisotopic (exact) mass is 347 g/mol. The molecule has 0 saturated carbocycles. The van der Waals surface area contributed by atoms with Gasteiger partial charge in [-0.2, -0.15) is 0 Å². The molecule has 1 atom stereocenters. The molecule has 0 amide bonds. The Morgan fingerprint density at radius 2 is 1.75 bits per heavy atom. The highest BCUT2D eigenvalue weighted by atomic mass is 32.2. The first-order valence-electron chi connectivity index (χ1n) is 8.17. The number of hydrogen-bond acceptors (Lipinski definition) is 3. The summed E-state index contributed by atoms with van der Waals surface area (Å²) in [6, 6.07) is 15.2. The number of aliphatic hydroxyl groups excluding tert-OH is 1. The third-order valence-electron chi connectivity index (χ3n) is 4.15. The Kier molecular flexibility index (Phi) is 6.54. The van der Waals surface area contributed by atoms with E-state index in [1.54, 1.807) is 19.1 Å². The van der Waals surface area contributed by atoms with Crippen LogP contribution in [0.4, 0.5) is 0 Å². The first-order chi connectivity index (χ1) is 11.4. The predicted octanol–water partition coefficient (Wildman–Crippen LogP) is 3.14. The quantitative estimate of drug-likeness (QED) is 0.771. The van der Waals surface area contributed by atoms with Gasteiger partial charge in [0.15, 0.2) is 0 Å². The smallest absolute Gasteiger partial charge is 0.240 e. The van der Waals surface area contributed by atoms with Crippen LogP contribution in [0.15, 0.2) is 53.4 Å². The van der Waals surface area contributed by atoms with Gasteiger partial charge >= 0.3 is 0 Å². The zero-order valence-electron chi connectivity index (χ0n) is 14.2. The maximum absolute atomic E-state index is 12.5. The molecule has 130 valence electrons. The van der Waals surface area contributed by atoms with Crippen LogP contribution in [-0.2, 0) is 10.0 Å². The third-order valence-corrected chi connectivity index (χ3v) is 5.77. The molecule has 0 radical (unpaired) electrons. The molecule has 0 aromatic heterocycles. The molecular formula is C19H25NO3S. The number of rotatable bonds is 8. The van der Waals surface area contributed by atoms with Crippen molar-refractivity contribution in [2.45, 2.75) is 37.5 Å². The van der Waals surface area contributed by atoms with Gasteiger partial charge in [0.05, 0.1) is 4.90 Å². The molecule has 0 fully saturated rings. The van der Waals surface area contributed by atoms with Gasteiger partial charge in [0.25, 0.3) is 0 Å². The number of sulfonamides is 1. The van der Waals surface area contributed by atoms with Crippen LogP contribution in [-0.4, -0.2) is 26.7 Å². The van der Waals surface area contributed by atoms with Gasteiger partial charge in [-0.15, -0.1) is 0 Å². The van der Waals surface area contributed by atoms with Crippen LogP contribution in [0.25, 0.3) is 0 Å². The molecule has 2 rings (SSSR count). The summed E-state index contributed by atoms with van der Waals surface area (Å²) in [6.45, 7) is 4.18. The zero-order valence-corrected chi connectivity index (χ0v) is 15.0. The largest absolute Gasteiger partial charge is 0.396 e. The number of nitrogens with one attached hydrogen (secondary N) is 1. The standard InChI is InChI=1S/C19H25NO3S/c1-15-8-9-19(16(2)14-15)24(22,23)20-12-10-18(11-13-21)17-6-4-3-5-7-17/h3-9,14,18,20-21H,10-13H2,1-2H3. The molecule has 1 unspecified atom stereocenters. The Morgan fingerprint density at radius 1 is 1.04 bits per heavy atom. The molecule has 0 bridgehead atoms. The molecule has 0 aliphatic carbocycles.